The van der Waals surface area contributed by atoms with E-state index in [-0.39, 0.29) is 12.5 Å². The van der Waals surface area contributed by atoms with Crippen molar-refractivity contribution in [3.05, 3.63) is 76.8 Å². The van der Waals surface area contributed by atoms with Crippen molar-refractivity contribution < 1.29 is 13.9 Å². The Balaban J connectivity index is 1.46. The van der Waals surface area contributed by atoms with Crippen molar-refractivity contribution in [2.75, 3.05) is 11.9 Å². The summed E-state index contributed by atoms with van der Waals surface area (Å²) in [7, 11) is 0. The number of fused-ring (bicyclic) bond motifs is 1. The van der Waals surface area contributed by atoms with Crippen LogP contribution in [0.15, 0.2) is 65.1 Å². The first kappa shape index (κ1) is 19.0. The molecule has 6 heteroatoms. The number of carbonyl (C=O) groups excluding carboxylic acids is 1. The van der Waals surface area contributed by atoms with Crippen LogP contribution in [0.2, 0.25) is 5.02 Å². The molecule has 0 unspecified atom stereocenters. The van der Waals surface area contributed by atoms with Crippen LogP contribution in [0.3, 0.4) is 0 Å². The van der Waals surface area contributed by atoms with E-state index in [1.807, 2.05) is 44.2 Å². The number of ether oxygens (including phenoxy) is 1. The van der Waals surface area contributed by atoms with Gasteiger partial charge in [0.15, 0.2) is 12.2 Å². The highest BCUT2D eigenvalue weighted by atomic mass is 35.5. The van der Waals surface area contributed by atoms with Gasteiger partial charge < -0.3 is 14.5 Å². The molecule has 3 aromatic carbocycles. The lowest BCUT2D eigenvalue weighted by atomic mass is 10.1. The minimum atomic E-state index is -0.246. The molecule has 0 saturated heterocycles. The number of carbonyl (C=O) groups is 1. The van der Waals surface area contributed by atoms with Gasteiger partial charge in [0.1, 0.15) is 11.3 Å². The number of aromatic nitrogens is 1. The van der Waals surface area contributed by atoms with Gasteiger partial charge in [-0.2, -0.15) is 0 Å². The topological polar surface area (TPSA) is 64.4 Å². The summed E-state index contributed by atoms with van der Waals surface area (Å²) in [5.74, 6) is 0.936. The number of rotatable bonds is 5. The molecule has 0 bridgehead atoms. The van der Waals surface area contributed by atoms with Gasteiger partial charge in [0.2, 0.25) is 5.89 Å². The summed E-state index contributed by atoms with van der Waals surface area (Å²) in [6.45, 7) is 3.90. The Kier molecular flexibility index (Phi) is 5.23. The van der Waals surface area contributed by atoms with Crippen LogP contribution >= 0.6 is 11.6 Å². The summed E-state index contributed by atoms with van der Waals surface area (Å²) in [5, 5.41) is 3.44. The number of oxazole rings is 1. The molecule has 1 amide bonds. The SMILES string of the molecule is Cc1cccc(OCC(=O)Nc2ccc3oc(-c4cccc(Cl)c4)nc3c2)c1C. The number of nitrogens with one attached hydrogen (secondary N) is 1. The second-order valence-corrected chi connectivity index (χ2v) is 7.18. The Morgan fingerprint density at radius 1 is 1.10 bits per heavy atom. The zero-order valence-electron chi connectivity index (χ0n) is 16.0. The average molecular weight is 407 g/mol. The van der Waals surface area contributed by atoms with Gasteiger partial charge in [-0.25, -0.2) is 4.98 Å². The summed E-state index contributed by atoms with van der Waals surface area (Å²) in [6.07, 6.45) is 0. The third-order valence-corrected chi connectivity index (χ3v) is 4.89. The first-order valence-electron chi connectivity index (χ1n) is 9.15. The van der Waals surface area contributed by atoms with E-state index in [0.29, 0.717) is 33.4 Å². The van der Waals surface area contributed by atoms with E-state index in [4.69, 9.17) is 20.8 Å². The number of aryl methyl sites for hydroxylation is 1. The van der Waals surface area contributed by atoms with Crippen LogP contribution in [-0.4, -0.2) is 17.5 Å². The average Bonchev–Trinajstić information content (AvgIpc) is 3.12. The van der Waals surface area contributed by atoms with Crippen LogP contribution in [0.5, 0.6) is 5.75 Å². The maximum absolute atomic E-state index is 12.3. The van der Waals surface area contributed by atoms with Gasteiger partial charge >= 0.3 is 0 Å². The van der Waals surface area contributed by atoms with E-state index in [1.54, 1.807) is 30.3 Å². The van der Waals surface area contributed by atoms with E-state index in [2.05, 4.69) is 10.3 Å². The molecule has 0 spiro atoms. The number of hydrogen-bond acceptors (Lipinski definition) is 4. The zero-order chi connectivity index (χ0) is 20.4. The largest absolute Gasteiger partial charge is 0.483 e. The second kappa shape index (κ2) is 7.97. The van der Waals surface area contributed by atoms with Gasteiger partial charge in [-0.15, -0.1) is 0 Å². The molecule has 0 fully saturated rings. The zero-order valence-corrected chi connectivity index (χ0v) is 16.8. The number of benzene rings is 3. The summed E-state index contributed by atoms with van der Waals surface area (Å²) in [5.41, 5.74) is 4.84. The molecule has 29 heavy (non-hydrogen) atoms. The van der Waals surface area contributed by atoms with Gasteiger partial charge in [0, 0.05) is 16.3 Å². The van der Waals surface area contributed by atoms with Crippen molar-refractivity contribution in [3.63, 3.8) is 0 Å². The van der Waals surface area contributed by atoms with Crippen molar-refractivity contribution in [2.45, 2.75) is 13.8 Å². The van der Waals surface area contributed by atoms with Gasteiger partial charge in [-0.3, -0.25) is 4.79 Å². The quantitative estimate of drug-likeness (QED) is 0.456. The predicted molar refractivity (Wildman–Crippen MR) is 114 cm³/mol. The second-order valence-electron chi connectivity index (χ2n) is 6.75. The number of nitrogens with zero attached hydrogens (tertiary/aromatic N) is 1. The van der Waals surface area contributed by atoms with Gasteiger partial charge in [-0.1, -0.05) is 29.8 Å². The molecule has 0 atom stereocenters. The van der Waals surface area contributed by atoms with Crippen LogP contribution in [0.1, 0.15) is 11.1 Å². The van der Waals surface area contributed by atoms with Gasteiger partial charge in [0.05, 0.1) is 0 Å². The van der Waals surface area contributed by atoms with Crippen molar-refractivity contribution in [1.82, 2.24) is 4.98 Å². The normalized spacial score (nSPS) is 10.9. The Morgan fingerprint density at radius 3 is 2.76 bits per heavy atom. The molecule has 5 nitrogen and oxygen atoms in total. The fraction of sp³-hybridized carbons (Fsp3) is 0.130. The maximum Gasteiger partial charge on any atom is 0.262 e. The lowest BCUT2D eigenvalue weighted by molar-refractivity contribution is -0.118. The first-order valence-corrected chi connectivity index (χ1v) is 9.53. The molecule has 4 rings (SSSR count). The molecule has 0 saturated carbocycles. The molecule has 1 heterocycles. The molecule has 0 aliphatic heterocycles. The highest BCUT2D eigenvalue weighted by Gasteiger charge is 2.11. The molecular formula is C23H19ClN2O3. The summed E-state index contributed by atoms with van der Waals surface area (Å²) in [4.78, 5) is 16.8. The van der Waals surface area contributed by atoms with Gasteiger partial charge in [0.25, 0.3) is 5.91 Å². The molecular weight excluding hydrogens is 388 g/mol. The minimum Gasteiger partial charge on any atom is -0.483 e. The van der Waals surface area contributed by atoms with Crippen LogP contribution in [0.4, 0.5) is 5.69 Å². The fourth-order valence-corrected chi connectivity index (χ4v) is 3.16. The van der Waals surface area contributed by atoms with E-state index in [1.165, 1.54) is 0 Å². The lowest BCUT2D eigenvalue weighted by Gasteiger charge is -2.11. The van der Waals surface area contributed by atoms with E-state index >= 15 is 0 Å². The van der Waals surface area contributed by atoms with Crippen LogP contribution < -0.4 is 10.1 Å². The minimum absolute atomic E-state index is 0.0745. The standard InChI is InChI=1S/C23H19ClN2O3/c1-14-5-3-8-20(15(14)2)28-13-22(27)25-18-9-10-21-19(12-18)26-23(29-21)16-6-4-7-17(24)11-16/h3-12H,13H2,1-2H3,(H,25,27). The smallest absolute Gasteiger partial charge is 0.262 e. The Hall–Kier alpha value is -3.31. The summed E-state index contributed by atoms with van der Waals surface area (Å²) < 4.78 is 11.4. The molecule has 0 aliphatic carbocycles. The Labute approximate surface area is 173 Å². The maximum atomic E-state index is 12.3. The molecule has 0 radical (unpaired) electrons. The Morgan fingerprint density at radius 2 is 1.93 bits per heavy atom. The van der Waals surface area contributed by atoms with Crippen LogP contribution in [-0.2, 0) is 4.79 Å². The van der Waals surface area contributed by atoms with Crippen molar-refractivity contribution >= 4 is 34.3 Å². The first-order chi connectivity index (χ1) is 14.0. The fourth-order valence-electron chi connectivity index (χ4n) is 2.97. The predicted octanol–water partition coefficient (Wildman–Crippen LogP) is 5.78. The third-order valence-electron chi connectivity index (χ3n) is 4.66. The summed E-state index contributed by atoms with van der Waals surface area (Å²) >= 11 is 6.04. The molecule has 146 valence electrons. The third kappa shape index (κ3) is 4.25. The lowest BCUT2D eigenvalue weighted by Crippen LogP contribution is -2.20. The van der Waals surface area contributed by atoms with Crippen LogP contribution in [0.25, 0.3) is 22.6 Å². The molecule has 0 aliphatic rings. The van der Waals surface area contributed by atoms with E-state index < -0.39 is 0 Å². The highest BCUT2D eigenvalue weighted by Crippen LogP contribution is 2.27. The van der Waals surface area contributed by atoms with E-state index in [0.717, 1.165) is 16.7 Å². The van der Waals surface area contributed by atoms with Crippen molar-refractivity contribution in [3.8, 4) is 17.2 Å². The monoisotopic (exact) mass is 406 g/mol. The van der Waals surface area contributed by atoms with Crippen molar-refractivity contribution in [1.29, 1.82) is 0 Å². The highest BCUT2D eigenvalue weighted by molar-refractivity contribution is 6.30. The van der Waals surface area contributed by atoms with Gasteiger partial charge in [-0.05, 0) is 67.4 Å². The molecule has 1 N–H and O–H groups in total. The summed E-state index contributed by atoms with van der Waals surface area (Å²) in [6, 6.07) is 18.4. The Bertz CT molecular complexity index is 1200. The number of halogens is 1. The van der Waals surface area contributed by atoms with Crippen molar-refractivity contribution in [2.24, 2.45) is 0 Å². The number of hydrogen-bond donors (Lipinski definition) is 1. The molecule has 4 aromatic rings. The van der Waals surface area contributed by atoms with E-state index in [9.17, 15) is 4.79 Å². The number of anilines is 1. The number of amides is 1. The molecule has 1 aromatic heterocycles. The van der Waals surface area contributed by atoms with Crippen LogP contribution in [0, 0.1) is 13.8 Å².